The highest BCUT2D eigenvalue weighted by Gasteiger charge is 2.44. The standard InChI is InChI=1S/C76H137NO8/c1-3-5-7-9-11-13-15-17-19-21-23-25-27-29-31-33-34-35-36-38-39-41-43-45-47-49-51-53-55-57-59-61-63-65-70(79)69(68-84-76-75(83)74(82)73(81)71(67-78)85-76)77-72(80)66-64-62-60-58-56-54-52-50-48-46-44-42-40-37-32-30-28-26-24-22-20-18-16-14-12-10-8-6-4-2/h6,8,12,14,18,20,24,26,30,32,40,42,63,65,69-71,73-76,78-79,81-83H,3-5,7,9-11,13,15-17,19,21-23,25,27-29,31,33-39,41,43-62,64,66-68H2,1-2H3,(H,77,80)/b8-6-,14-12-,20-18-,26-24-,32-30-,42-40-,65-63+. The zero-order valence-corrected chi connectivity index (χ0v) is 55.4. The van der Waals surface area contributed by atoms with Crippen molar-refractivity contribution in [3.8, 4) is 0 Å². The van der Waals surface area contributed by atoms with Gasteiger partial charge in [0.05, 0.1) is 25.4 Å². The van der Waals surface area contributed by atoms with Crippen LogP contribution in [0.15, 0.2) is 85.1 Å². The Morgan fingerprint density at radius 3 is 1.08 bits per heavy atom. The number of aliphatic hydroxyl groups is 5. The number of nitrogens with one attached hydrogen (secondary N) is 1. The summed E-state index contributed by atoms with van der Waals surface area (Å²) in [6, 6.07) is -0.815. The largest absolute Gasteiger partial charge is 0.394 e. The van der Waals surface area contributed by atoms with Crippen LogP contribution in [0, 0.1) is 0 Å². The number of carbonyl (C=O) groups is 1. The molecule has 0 spiro atoms. The second-order valence-corrected chi connectivity index (χ2v) is 25.0. The number of hydrogen-bond acceptors (Lipinski definition) is 8. The van der Waals surface area contributed by atoms with Gasteiger partial charge in [0.25, 0.3) is 0 Å². The monoisotopic (exact) mass is 1190 g/mol. The van der Waals surface area contributed by atoms with Gasteiger partial charge < -0.3 is 40.3 Å². The van der Waals surface area contributed by atoms with Gasteiger partial charge in [0.15, 0.2) is 6.29 Å². The number of aliphatic hydroxyl groups excluding tert-OH is 5. The molecule has 1 aliphatic rings. The number of amides is 1. The van der Waals surface area contributed by atoms with Crippen LogP contribution in [-0.4, -0.2) is 87.5 Å². The van der Waals surface area contributed by atoms with E-state index in [1.54, 1.807) is 6.08 Å². The quantitative estimate of drug-likeness (QED) is 0.0261. The van der Waals surface area contributed by atoms with Gasteiger partial charge in [0.1, 0.15) is 24.4 Å². The summed E-state index contributed by atoms with van der Waals surface area (Å²) in [4.78, 5) is 13.1. The fourth-order valence-electron chi connectivity index (χ4n) is 11.3. The number of ether oxygens (including phenoxy) is 2. The third-order valence-corrected chi connectivity index (χ3v) is 17.0. The number of hydrogen-bond donors (Lipinski definition) is 6. The van der Waals surface area contributed by atoms with Crippen LogP contribution in [0.1, 0.15) is 335 Å². The van der Waals surface area contributed by atoms with Crippen LogP contribution in [0.5, 0.6) is 0 Å². The second-order valence-electron chi connectivity index (χ2n) is 25.0. The van der Waals surface area contributed by atoms with Crippen molar-refractivity contribution in [3.05, 3.63) is 85.1 Å². The molecule has 0 aliphatic carbocycles. The van der Waals surface area contributed by atoms with Gasteiger partial charge in [0.2, 0.25) is 5.91 Å². The van der Waals surface area contributed by atoms with Gasteiger partial charge in [-0.2, -0.15) is 0 Å². The zero-order valence-electron chi connectivity index (χ0n) is 55.4. The summed E-state index contributed by atoms with van der Waals surface area (Å²) in [6.07, 6.45) is 85.5. The molecule has 7 unspecified atom stereocenters. The van der Waals surface area contributed by atoms with Crippen molar-refractivity contribution >= 4 is 5.91 Å². The molecule has 1 saturated heterocycles. The SMILES string of the molecule is CC/C=C\C/C=C\C/C=C\C/C=C\C/C=C\C/C=C\CCCCCCCCCCCCC(=O)NC(COC1OC(CO)C(O)C(O)C1O)C(O)/C=C/CCCCCCCCCCCCCCCCCCCCCCCCCCCCCCCCC. The van der Waals surface area contributed by atoms with Crippen LogP contribution in [-0.2, 0) is 14.3 Å². The molecule has 85 heavy (non-hydrogen) atoms. The van der Waals surface area contributed by atoms with Crippen LogP contribution < -0.4 is 5.32 Å². The van der Waals surface area contributed by atoms with Gasteiger partial charge in [-0.05, 0) is 70.6 Å². The van der Waals surface area contributed by atoms with Crippen LogP contribution in [0.25, 0.3) is 0 Å². The molecule has 1 fully saturated rings. The van der Waals surface area contributed by atoms with Crippen molar-refractivity contribution in [1.82, 2.24) is 5.32 Å². The summed E-state index contributed by atoms with van der Waals surface area (Å²) in [5.41, 5.74) is 0. The van der Waals surface area contributed by atoms with E-state index >= 15 is 0 Å². The summed E-state index contributed by atoms with van der Waals surface area (Å²) < 4.78 is 11.3. The Morgan fingerprint density at radius 2 is 0.729 bits per heavy atom. The second kappa shape index (κ2) is 64.4. The van der Waals surface area contributed by atoms with E-state index in [1.165, 1.54) is 231 Å². The van der Waals surface area contributed by atoms with Crippen molar-refractivity contribution in [2.45, 2.75) is 378 Å². The summed E-state index contributed by atoms with van der Waals surface area (Å²) in [5, 5.41) is 54.8. The van der Waals surface area contributed by atoms with Crippen molar-refractivity contribution in [2.75, 3.05) is 13.2 Å². The van der Waals surface area contributed by atoms with Crippen molar-refractivity contribution < 1.29 is 39.8 Å². The molecule has 1 rings (SSSR count). The lowest BCUT2D eigenvalue weighted by molar-refractivity contribution is -0.302. The maximum absolute atomic E-state index is 13.1. The summed E-state index contributed by atoms with van der Waals surface area (Å²) in [5.74, 6) is -0.181. The first-order chi connectivity index (χ1) is 41.8. The molecule has 1 aliphatic heterocycles. The maximum Gasteiger partial charge on any atom is 0.220 e. The Kier molecular flexibility index (Phi) is 60.9. The van der Waals surface area contributed by atoms with E-state index in [2.05, 4.69) is 92.1 Å². The van der Waals surface area contributed by atoms with E-state index in [9.17, 15) is 30.3 Å². The van der Waals surface area contributed by atoms with Crippen molar-refractivity contribution in [3.63, 3.8) is 0 Å². The first-order valence-corrected chi connectivity index (χ1v) is 36.3. The molecule has 9 nitrogen and oxygen atoms in total. The van der Waals surface area contributed by atoms with Crippen LogP contribution in [0.2, 0.25) is 0 Å². The van der Waals surface area contributed by atoms with E-state index in [1.807, 2.05) is 6.08 Å². The van der Waals surface area contributed by atoms with E-state index in [4.69, 9.17) is 9.47 Å². The first-order valence-electron chi connectivity index (χ1n) is 36.3. The lowest BCUT2D eigenvalue weighted by Crippen LogP contribution is -2.60. The van der Waals surface area contributed by atoms with Gasteiger partial charge in [-0.15, -0.1) is 0 Å². The third-order valence-electron chi connectivity index (χ3n) is 17.0. The molecule has 0 saturated carbocycles. The Bertz CT molecular complexity index is 1620. The molecule has 0 aromatic heterocycles. The maximum atomic E-state index is 13.1. The van der Waals surface area contributed by atoms with Crippen LogP contribution >= 0.6 is 0 Å². The normalized spacial score (nSPS) is 18.6. The lowest BCUT2D eigenvalue weighted by Gasteiger charge is -2.40. The third kappa shape index (κ3) is 53.0. The van der Waals surface area contributed by atoms with E-state index in [0.717, 1.165) is 83.5 Å². The molecule has 9 heteroatoms. The minimum Gasteiger partial charge on any atom is -0.394 e. The molecule has 7 atom stereocenters. The van der Waals surface area contributed by atoms with Gasteiger partial charge in [0, 0.05) is 6.42 Å². The van der Waals surface area contributed by atoms with Gasteiger partial charge in [-0.1, -0.05) is 343 Å². The van der Waals surface area contributed by atoms with Crippen molar-refractivity contribution in [2.24, 2.45) is 0 Å². The highest BCUT2D eigenvalue weighted by Crippen LogP contribution is 2.23. The Morgan fingerprint density at radius 1 is 0.412 bits per heavy atom. The van der Waals surface area contributed by atoms with Crippen molar-refractivity contribution in [1.29, 1.82) is 0 Å². The molecule has 0 aromatic carbocycles. The fraction of sp³-hybridized carbons (Fsp3) is 0.803. The van der Waals surface area contributed by atoms with E-state index in [-0.39, 0.29) is 12.5 Å². The van der Waals surface area contributed by atoms with E-state index < -0.39 is 49.5 Å². The molecule has 1 heterocycles. The van der Waals surface area contributed by atoms with Crippen LogP contribution in [0.4, 0.5) is 0 Å². The topological polar surface area (TPSA) is 149 Å². The number of allylic oxidation sites excluding steroid dienone is 13. The first kappa shape index (κ1) is 80.4. The van der Waals surface area contributed by atoms with E-state index in [0.29, 0.717) is 6.42 Å². The Balaban J connectivity index is 2.13. The Labute approximate surface area is 524 Å². The smallest absolute Gasteiger partial charge is 0.220 e. The highest BCUT2D eigenvalue weighted by molar-refractivity contribution is 5.76. The fourth-order valence-corrected chi connectivity index (χ4v) is 11.3. The van der Waals surface area contributed by atoms with Gasteiger partial charge >= 0.3 is 0 Å². The van der Waals surface area contributed by atoms with Crippen LogP contribution in [0.3, 0.4) is 0 Å². The molecular formula is C76H137NO8. The summed E-state index contributed by atoms with van der Waals surface area (Å²) in [6.45, 7) is 3.70. The lowest BCUT2D eigenvalue weighted by atomic mass is 9.99. The molecule has 1 amide bonds. The molecular weight excluding hydrogens is 1050 g/mol. The number of carbonyl (C=O) groups excluding carboxylic acids is 1. The minimum absolute atomic E-state index is 0.181. The highest BCUT2D eigenvalue weighted by atomic mass is 16.7. The van der Waals surface area contributed by atoms with Gasteiger partial charge in [-0.25, -0.2) is 0 Å². The predicted octanol–water partition coefficient (Wildman–Crippen LogP) is 20.1. The predicted molar refractivity (Wildman–Crippen MR) is 364 cm³/mol. The zero-order chi connectivity index (χ0) is 61.4. The average molecular weight is 1190 g/mol. The number of rotatable bonds is 63. The molecule has 0 aromatic rings. The molecule has 0 bridgehead atoms. The molecule has 494 valence electrons. The minimum atomic E-state index is -1.57. The Hall–Kier alpha value is -2.63. The molecule has 6 N–H and O–H groups in total. The number of unbranched alkanes of at least 4 members (excludes halogenated alkanes) is 41. The average Bonchev–Trinajstić information content (AvgIpc) is 3.56. The molecule has 0 radical (unpaired) electrons. The summed E-state index contributed by atoms with van der Waals surface area (Å²) in [7, 11) is 0. The summed E-state index contributed by atoms with van der Waals surface area (Å²) >= 11 is 0. The van der Waals surface area contributed by atoms with Gasteiger partial charge in [-0.3, -0.25) is 4.79 Å².